The van der Waals surface area contributed by atoms with E-state index in [9.17, 15) is 5.11 Å². The van der Waals surface area contributed by atoms with Gasteiger partial charge in [-0.15, -0.1) is 0 Å². The van der Waals surface area contributed by atoms with Crippen molar-refractivity contribution < 1.29 is 14.4 Å². The van der Waals surface area contributed by atoms with E-state index in [4.69, 9.17) is 9.26 Å². The van der Waals surface area contributed by atoms with E-state index in [-0.39, 0.29) is 18.6 Å². The lowest BCUT2D eigenvalue weighted by Gasteiger charge is -2.41. The predicted molar refractivity (Wildman–Crippen MR) is 104 cm³/mol. The molecule has 2 aromatic rings. The minimum atomic E-state index is 0.167. The molecule has 7 nitrogen and oxygen atoms in total. The highest BCUT2D eigenvalue weighted by Crippen LogP contribution is 2.24. The van der Waals surface area contributed by atoms with Crippen molar-refractivity contribution in [3.05, 3.63) is 35.2 Å². The summed E-state index contributed by atoms with van der Waals surface area (Å²) in [4.78, 5) is 9.11. The zero-order chi connectivity index (χ0) is 19.4. The Morgan fingerprint density at radius 1 is 1.33 bits per heavy atom. The highest BCUT2D eigenvalue weighted by molar-refractivity contribution is 5.36. The van der Waals surface area contributed by atoms with Crippen LogP contribution in [-0.4, -0.2) is 59.5 Å². The van der Waals surface area contributed by atoms with Crippen molar-refractivity contribution in [1.29, 1.82) is 0 Å². The standard InChI is InChI=1S/C20H30N4O3/c1-14(2)19-21-20(22-27-19)24-9-8-23(17(13-24)7-10-25)12-16-5-6-18(26-4)15(3)11-16/h5-6,11,14,17,25H,7-10,12-13H2,1-4H3. The first-order valence-electron chi connectivity index (χ1n) is 9.58. The quantitative estimate of drug-likeness (QED) is 0.798. The van der Waals surface area contributed by atoms with Gasteiger partial charge >= 0.3 is 0 Å². The van der Waals surface area contributed by atoms with E-state index in [1.165, 1.54) is 5.56 Å². The van der Waals surface area contributed by atoms with Crippen molar-refractivity contribution in [2.75, 3.05) is 38.3 Å². The summed E-state index contributed by atoms with van der Waals surface area (Å²) in [5, 5.41) is 13.7. The molecule has 0 amide bonds. The van der Waals surface area contributed by atoms with Gasteiger partial charge in [0.1, 0.15) is 5.75 Å². The number of methoxy groups -OCH3 is 1. The summed E-state index contributed by atoms with van der Waals surface area (Å²) in [6, 6.07) is 6.55. The number of ether oxygens (including phenoxy) is 1. The number of nitrogens with zero attached hydrogens (tertiary/aromatic N) is 4. The van der Waals surface area contributed by atoms with Crippen LogP contribution in [-0.2, 0) is 6.54 Å². The van der Waals surface area contributed by atoms with Gasteiger partial charge in [-0.3, -0.25) is 4.90 Å². The number of benzene rings is 1. The smallest absolute Gasteiger partial charge is 0.266 e. The first-order valence-corrected chi connectivity index (χ1v) is 9.58. The van der Waals surface area contributed by atoms with E-state index in [0.717, 1.165) is 43.9 Å². The fourth-order valence-corrected chi connectivity index (χ4v) is 3.57. The van der Waals surface area contributed by atoms with Crippen LogP contribution < -0.4 is 9.64 Å². The number of aliphatic hydroxyl groups is 1. The zero-order valence-corrected chi connectivity index (χ0v) is 16.7. The fourth-order valence-electron chi connectivity index (χ4n) is 3.57. The fraction of sp³-hybridized carbons (Fsp3) is 0.600. The van der Waals surface area contributed by atoms with Gasteiger partial charge in [-0.05, 0) is 35.7 Å². The molecule has 0 radical (unpaired) electrons. The van der Waals surface area contributed by atoms with Crippen LogP contribution >= 0.6 is 0 Å². The van der Waals surface area contributed by atoms with Crippen LogP contribution in [0.5, 0.6) is 5.75 Å². The highest BCUT2D eigenvalue weighted by atomic mass is 16.5. The summed E-state index contributed by atoms with van der Waals surface area (Å²) in [5.74, 6) is 2.45. The topological polar surface area (TPSA) is 74.9 Å². The second-order valence-corrected chi connectivity index (χ2v) is 7.47. The Morgan fingerprint density at radius 2 is 2.15 bits per heavy atom. The van der Waals surface area contributed by atoms with E-state index >= 15 is 0 Å². The van der Waals surface area contributed by atoms with Crippen LogP contribution in [0, 0.1) is 6.92 Å². The lowest BCUT2D eigenvalue weighted by molar-refractivity contribution is 0.134. The minimum Gasteiger partial charge on any atom is -0.496 e. The number of aryl methyl sites for hydroxylation is 1. The molecule has 1 aliphatic rings. The van der Waals surface area contributed by atoms with Crippen LogP contribution in [0.4, 0.5) is 5.95 Å². The van der Waals surface area contributed by atoms with E-state index in [1.54, 1.807) is 7.11 Å². The average molecular weight is 374 g/mol. The minimum absolute atomic E-state index is 0.167. The van der Waals surface area contributed by atoms with E-state index in [2.05, 4.69) is 39.0 Å². The highest BCUT2D eigenvalue weighted by Gasteiger charge is 2.29. The van der Waals surface area contributed by atoms with Crippen molar-refractivity contribution in [3.63, 3.8) is 0 Å². The normalized spacial score (nSPS) is 18.3. The van der Waals surface area contributed by atoms with Crippen LogP contribution in [0.1, 0.15) is 43.2 Å². The molecule has 2 heterocycles. The van der Waals surface area contributed by atoms with E-state index in [0.29, 0.717) is 11.8 Å². The predicted octanol–water partition coefficient (Wildman–Crippen LogP) is 2.58. The molecule has 1 N–H and O–H groups in total. The maximum absolute atomic E-state index is 9.54. The molecule has 7 heteroatoms. The van der Waals surface area contributed by atoms with Gasteiger partial charge in [0.25, 0.3) is 5.95 Å². The maximum atomic E-state index is 9.54. The van der Waals surface area contributed by atoms with E-state index in [1.807, 2.05) is 19.9 Å². The van der Waals surface area contributed by atoms with Gasteiger partial charge in [0, 0.05) is 44.7 Å². The summed E-state index contributed by atoms with van der Waals surface area (Å²) in [7, 11) is 1.70. The first kappa shape index (κ1) is 19.6. The summed E-state index contributed by atoms with van der Waals surface area (Å²) < 4.78 is 10.7. The third kappa shape index (κ3) is 4.59. The molecule has 0 saturated carbocycles. The molecule has 1 fully saturated rings. The van der Waals surface area contributed by atoms with Crippen LogP contribution in [0.3, 0.4) is 0 Å². The number of anilines is 1. The van der Waals surface area contributed by atoms with Crippen molar-refractivity contribution in [2.45, 2.75) is 45.7 Å². The number of rotatable bonds is 7. The van der Waals surface area contributed by atoms with Gasteiger partial charge in [-0.1, -0.05) is 26.0 Å². The molecule has 0 aliphatic carbocycles. The van der Waals surface area contributed by atoms with Gasteiger partial charge in [-0.2, -0.15) is 4.98 Å². The van der Waals surface area contributed by atoms with Crippen molar-refractivity contribution in [3.8, 4) is 5.75 Å². The number of piperazine rings is 1. The number of hydrogen-bond acceptors (Lipinski definition) is 7. The Labute approximate surface area is 160 Å². The van der Waals surface area contributed by atoms with Gasteiger partial charge < -0.3 is 19.3 Å². The molecule has 1 aromatic carbocycles. The van der Waals surface area contributed by atoms with Crippen LogP contribution in [0.2, 0.25) is 0 Å². The summed E-state index contributed by atoms with van der Waals surface area (Å²) in [6.45, 7) is 9.68. The molecule has 27 heavy (non-hydrogen) atoms. The molecule has 148 valence electrons. The van der Waals surface area contributed by atoms with Crippen LogP contribution in [0.15, 0.2) is 22.7 Å². The van der Waals surface area contributed by atoms with Gasteiger partial charge in [0.2, 0.25) is 5.89 Å². The Bertz CT molecular complexity index is 747. The number of aliphatic hydroxyl groups excluding tert-OH is 1. The molecular formula is C20H30N4O3. The van der Waals surface area contributed by atoms with Gasteiger partial charge in [0.15, 0.2) is 0 Å². The molecule has 0 spiro atoms. The maximum Gasteiger partial charge on any atom is 0.266 e. The SMILES string of the molecule is COc1ccc(CN2CCN(c3noc(C(C)C)n3)CC2CCO)cc1C. The number of aromatic nitrogens is 2. The van der Waals surface area contributed by atoms with Crippen LogP contribution in [0.25, 0.3) is 0 Å². The summed E-state index contributed by atoms with van der Waals surface area (Å²) in [6.07, 6.45) is 0.723. The molecule has 1 saturated heterocycles. The molecule has 1 unspecified atom stereocenters. The van der Waals surface area contributed by atoms with Crippen molar-refractivity contribution in [2.24, 2.45) is 0 Å². The zero-order valence-electron chi connectivity index (χ0n) is 16.7. The van der Waals surface area contributed by atoms with Crippen molar-refractivity contribution in [1.82, 2.24) is 15.0 Å². The second-order valence-electron chi connectivity index (χ2n) is 7.47. The summed E-state index contributed by atoms with van der Waals surface area (Å²) in [5.41, 5.74) is 2.40. The van der Waals surface area contributed by atoms with E-state index < -0.39 is 0 Å². The van der Waals surface area contributed by atoms with Gasteiger partial charge in [-0.25, -0.2) is 0 Å². The Kier molecular flexibility index (Phi) is 6.34. The Morgan fingerprint density at radius 3 is 2.78 bits per heavy atom. The molecule has 1 aliphatic heterocycles. The van der Waals surface area contributed by atoms with Gasteiger partial charge in [0.05, 0.1) is 7.11 Å². The Balaban J connectivity index is 1.69. The molecule has 1 atom stereocenters. The third-order valence-corrected chi connectivity index (χ3v) is 5.12. The monoisotopic (exact) mass is 374 g/mol. The molecule has 3 rings (SSSR count). The lowest BCUT2D eigenvalue weighted by atomic mass is 10.1. The average Bonchev–Trinajstić information content (AvgIpc) is 3.14. The van der Waals surface area contributed by atoms with Crippen molar-refractivity contribution >= 4 is 5.95 Å². The first-order chi connectivity index (χ1) is 13.0. The molecule has 0 bridgehead atoms. The summed E-state index contributed by atoms with van der Waals surface area (Å²) >= 11 is 0. The lowest BCUT2D eigenvalue weighted by Crippen LogP contribution is -2.53. The number of hydrogen-bond donors (Lipinski definition) is 1. The molecule has 1 aromatic heterocycles. The largest absolute Gasteiger partial charge is 0.496 e. The molecular weight excluding hydrogens is 344 g/mol. The third-order valence-electron chi connectivity index (χ3n) is 5.12. The Hall–Kier alpha value is -2.12. The second kappa shape index (κ2) is 8.71.